The van der Waals surface area contributed by atoms with Gasteiger partial charge in [0.2, 0.25) is 0 Å². The van der Waals surface area contributed by atoms with Gasteiger partial charge >= 0.3 is 5.97 Å². The lowest BCUT2D eigenvalue weighted by Crippen LogP contribution is -2.11. The fourth-order valence-corrected chi connectivity index (χ4v) is 4.04. The number of nitrogens with zero attached hydrogens (tertiary/aromatic N) is 2. The summed E-state index contributed by atoms with van der Waals surface area (Å²) in [6.07, 6.45) is 2.40. The highest BCUT2D eigenvalue weighted by molar-refractivity contribution is 7.20. The highest BCUT2D eigenvalue weighted by Crippen LogP contribution is 2.35. The molecule has 7 heteroatoms. The van der Waals surface area contributed by atoms with Crippen molar-refractivity contribution < 1.29 is 14.3 Å². The van der Waals surface area contributed by atoms with Crippen LogP contribution in [0.15, 0.2) is 30.6 Å². The number of ether oxygens (including phenoxy) is 2. The minimum atomic E-state index is -0.314. The van der Waals surface area contributed by atoms with Gasteiger partial charge < -0.3 is 14.8 Å². The summed E-state index contributed by atoms with van der Waals surface area (Å²) in [5, 5.41) is 4.39. The van der Waals surface area contributed by atoms with E-state index in [1.54, 1.807) is 14.0 Å². The summed E-state index contributed by atoms with van der Waals surface area (Å²) >= 11 is 1.34. The lowest BCUT2D eigenvalue weighted by Gasteiger charge is -2.19. The summed E-state index contributed by atoms with van der Waals surface area (Å²) in [7, 11) is 1.66. The zero-order valence-electron chi connectivity index (χ0n) is 15.9. The first-order valence-electron chi connectivity index (χ1n) is 8.90. The molecule has 0 saturated heterocycles. The molecule has 3 rings (SSSR count). The molecule has 0 aliphatic carbocycles. The second-order valence-corrected chi connectivity index (χ2v) is 7.06. The molecule has 2 heterocycles. The second kappa shape index (κ2) is 8.35. The average Bonchev–Trinajstić information content (AvgIpc) is 3.04. The van der Waals surface area contributed by atoms with E-state index in [4.69, 9.17) is 9.47 Å². The van der Waals surface area contributed by atoms with E-state index >= 15 is 0 Å². The highest BCUT2D eigenvalue weighted by atomic mass is 32.1. The average molecular weight is 385 g/mol. The van der Waals surface area contributed by atoms with Crippen LogP contribution in [-0.4, -0.2) is 29.7 Å². The molecule has 0 spiro atoms. The van der Waals surface area contributed by atoms with Gasteiger partial charge in [-0.2, -0.15) is 0 Å². The number of benzene rings is 1. The van der Waals surface area contributed by atoms with Crippen LogP contribution >= 0.6 is 11.3 Å². The molecule has 2 aromatic heterocycles. The molecular formula is C20H23N3O3S. The molecule has 0 amide bonds. The van der Waals surface area contributed by atoms with Crippen molar-refractivity contribution in [3.8, 4) is 5.75 Å². The molecular weight excluding hydrogens is 362 g/mol. The minimum absolute atomic E-state index is 0.0827. The van der Waals surface area contributed by atoms with Crippen molar-refractivity contribution in [3.05, 3.63) is 46.6 Å². The van der Waals surface area contributed by atoms with Gasteiger partial charge in [-0.3, -0.25) is 0 Å². The molecule has 1 unspecified atom stereocenters. The largest absolute Gasteiger partial charge is 0.497 e. The van der Waals surface area contributed by atoms with Crippen LogP contribution in [0.4, 0.5) is 5.82 Å². The number of carbonyl (C=O) groups is 1. The van der Waals surface area contributed by atoms with Gasteiger partial charge in [0.1, 0.15) is 27.6 Å². The number of rotatable bonds is 7. The van der Waals surface area contributed by atoms with Gasteiger partial charge in [-0.05, 0) is 43.5 Å². The SMILES string of the molecule is CCOC(=O)c1sc2ncnc(NC(CC)c3ccc(OC)cc3)c2c1C. The summed E-state index contributed by atoms with van der Waals surface area (Å²) in [6.45, 7) is 6.17. The normalized spacial score (nSPS) is 12.0. The molecule has 1 aromatic carbocycles. The van der Waals surface area contributed by atoms with Gasteiger partial charge in [0, 0.05) is 0 Å². The van der Waals surface area contributed by atoms with Crippen molar-refractivity contribution in [2.45, 2.75) is 33.2 Å². The Balaban J connectivity index is 1.96. The summed E-state index contributed by atoms with van der Waals surface area (Å²) in [6, 6.07) is 8.07. The van der Waals surface area contributed by atoms with Crippen LogP contribution in [0.2, 0.25) is 0 Å². The van der Waals surface area contributed by atoms with Gasteiger partial charge in [-0.25, -0.2) is 14.8 Å². The maximum Gasteiger partial charge on any atom is 0.348 e. The van der Waals surface area contributed by atoms with E-state index in [1.165, 1.54) is 17.7 Å². The molecule has 1 N–H and O–H groups in total. The van der Waals surface area contributed by atoms with E-state index in [0.717, 1.165) is 39.3 Å². The van der Waals surface area contributed by atoms with E-state index < -0.39 is 0 Å². The molecule has 6 nitrogen and oxygen atoms in total. The number of thiophene rings is 1. The second-order valence-electron chi connectivity index (χ2n) is 6.06. The molecule has 1 atom stereocenters. The van der Waals surface area contributed by atoms with Crippen molar-refractivity contribution in [2.75, 3.05) is 19.0 Å². The Morgan fingerprint density at radius 2 is 1.96 bits per heavy atom. The van der Waals surface area contributed by atoms with Crippen molar-refractivity contribution in [2.24, 2.45) is 0 Å². The van der Waals surface area contributed by atoms with Crippen LogP contribution in [0.3, 0.4) is 0 Å². The third-order valence-corrected chi connectivity index (χ3v) is 5.60. The lowest BCUT2D eigenvalue weighted by molar-refractivity contribution is 0.0531. The van der Waals surface area contributed by atoms with E-state index in [9.17, 15) is 4.79 Å². The van der Waals surface area contributed by atoms with Crippen LogP contribution in [-0.2, 0) is 4.74 Å². The Bertz CT molecular complexity index is 938. The van der Waals surface area contributed by atoms with Crippen molar-refractivity contribution in [1.82, 2.24) is 9.97 Å². The lowest BCUT2D eigenvalue weighted by atomic mass is 10.0. The van der Waals surface area contributed by atoms with Crippen LogP contribution in [0.25, 0.3) is 10.2 Å². The van der Waals surface area contributed by atoms with Crippen LogP contribution in [0.1, 0.15) is 47.1 Å². The van der Waals surface area contributed by atoms with E-state index in [1.807, 2.05) is 31.2 Å². The summed E-state index contributed by atoms with van der Waals surface area (Å²) in [5.41, 5.74) is 1.99. The zero-order chi connectivity index (χ0) is 19.4. The van der Waals surface area contributed by atoms with Crippen molar-refractivity contribution >= 4 is 33.3 Å². The predicted octanol–water partition coefficient (Wildman–Crippen LogP) is 4.75. The molecule has 3 aromatic rings. The topological polar surface area (TPSA) is 73.3 Å². The first-order chi connectivity index (χ1) is 13.1. The third-order valence-electron chi connectivity index (χ3n) is 4.43. The number of fused-ring (bicyclic) bond motifs is 1. The molecule has 0 aliphatic rings. The Kier molecular flexibility index (Phi) is 5.91. The quantitative estimate of drug-likeness (QED) is 0.592. The molecule has 0 bridgehead atoms. The Morgan fingerprint density at radius 3 is 2.59 bits per heavy atom. The van der Waals surface area contributed by atoms with Gasteiger partial charge in [-0.15, -0.1) is 11.3 Å². The van der Waals surface area contributed by atoms with Gasteiger partial charge in [-0.1, -0.05) is 19.1 Å². The molecule has 0 radical (unpaired) electrons. The fraction of sp³-hybridized carbons (Fsp3) is 0.350. The van der Waals surface area contributed by atoms with E-state index in [0.29, 0.717) is 11.5 Å². The van der Waals surface area contributed by atoms with Crippen molar-refractivity contribution in [3.63, 3.8) is 0 Å². The van der Waals surface area contributed by atoms with Gasteiger partial charge in [0.25, 0.3) is 0 Å². The molecule has 0 saturated carbocycles. The highest BCUT2D eigenvalue weighted by Gasteiger charge is 2.21. The molecule has 0 aliphatic heterocycles. The first kappa shape index (κ1) is 19.1. The van der Waals surface area contributed by atoms with Crippen LogP contribution in [0.5, 0.6) is 5.75 Å². The van der Waals surface area contributed by atoms with E-state index in [-0.39, 0.29) is 12.0 Å². The van der Waals surface area contributed by atoms with Crippen molar-refractivity contribution in [1.29, 1.82) is 0 Å². The number of hydrogen-bond donors (Lipinski definition) is 1. The third kappa shape index (κ3) is 3.88. The Morgan fingerprint density at radius 1 is 1.22 bits per heavy atom. The number of carbonyl (C=O) groups excluding carboxylic acids is 1. The Labute approximate surface area is 162 Å². The van der Waals surface area contributed by atoms with Gasteiger partial charge in [0.15, 0.2) is 0 Å². The fourth-order valence-electron chi connectivity index (χ4n) is 2.99. The summed E-state index contributed by atoms with van der Waals surface area (Å²) < 4.78 is 10.4. The summed E-state index contributed by atoms with van der Waals surface area (Å²) in [4.78, 5) is 22.3. The number of hydrogen-bond acceptors (Lipinski definition) is 7. The maximum atomic E-state index is 12.2. The molecule has 27 heavy (non-hydrogen) atoms. The predicted molar refractivity (Wildman–Crippen MR) is 108 cm³/mol. The Hall–Kier alpha value is -2.67. The van der Waals surface area contributed by atoms with E-state index in [2.05, 4.69) is 22.2 Å². The van der Waals surface area contributed by atoms with Gasteiger partial charge in [0.05, 0.1) is 25.1 Å². The van der Waals surface area contributed by atoms with Crippen LogP contribution in [0, 0.1) is 6.92 Å². The summed E-state index contributed by atoms with van der Waals surface area (Å²) in [5.74, 6) is 1.24. The minimum Gasteiger partial charge on any atom is -0.497 e. The molecule has 142 valence electrons. The number of nitrogens with one attached hydrogen (secondary N) is 1. The smallest absolute Gasteiger partial charge is 0.348 e. The van der Waals surface area contributed by atoms with Crippen LogP contribution < -0.4 is 10.1 Å². The number of anilines is 1. The monoisotopic (exact) mass is 385 g/mol. The number of methoxy groups -OCH3 is 1. The first-order valence-corrected chi connectivity index (χ1v) is 9.72. The standard InChI is InChI=1S/C20H23N3O3S/c1-5-15(13-7-9-14(25-4)10-8-13)23-18-16-12(3)17(20(24)26-6-2)27-19(16)22-11-21-18/h7-11,15H,5-6H2,1-4H3,(H,21,22,23). The number of aryl methyl sites for hydroxylation is 1. The number of aromatic nitrogens is 2. The number of esters is 1. The maximum absolute atomic E-state index is 12.2. The zero-order valence-corrected chi connectivity index (χ0v) is 16.7. The molecule has 0 fully saturated rings.